The van der Waals surface area contributed by atoms with Crippen LogP contribution >= 0.6 is 11.6 Å². The monoisotopic (exact) mass is 352 g/mol. The van der Waals surface area contributed by atoms with E-state index in [-0.39, 0.29) is 5.69 Å². The molecule has 1 fully saturated rings. The van der Waals surface area contributed by atoms with Crippen LogP contribution < -0.4 is 5.69 Å². The van der Waals surface area contributed by atoms with Crippen molar-refractivity contribution in [2.45, 2.75) is 18.8 Å². The Bertz CT molecular complexity index is 1150. The van der Waals surface area contributed by atoms with Crippen LogP contribution in [0, 0.1) is 0 Å². The van der Waals surface area contributed by atoms with Gasteiger partial charge < -0.3 is 14.4 Å². The minimum atomic E-state index is -0.231. The second-order valence-corrected chi connectivity index (χ2v) is 6.60. The lowest BCUT2D eigenvalue weighted by Crippen LogP contribution is -1.99. The molecular weight excluding hydrogens is 340 g/mol. The first-order valence-electron chi connectivity index (χ1n) is 8.04. The Labute approximate surface area is 146 Å². The first-order chi connectivity index (χ1) is 12.2. The fourth-order valence-electron chi connectivity index (χ4n) is 2.96. The van der Waals surface area contributed by atoms with Crippen LogP contribution in [0.5, 0.6) is 0 Å². The number of fused-ring (bicyclic) bond motifs is 1. The highest BCUT2D eigenvalue weighted by Crippen LogP contribution is 2.41. The molecule has 6 nitrogen and oxygen atoms in total. The van der Waals surface area contributed by atoms with E-state index in [2.05, 4.69) is 20.2 Å². The lowest BCUT2D eigenvalue weighted by molar-refractivity contribution is 0.508. The van der Waals surface area contributed by atoms with Gasteiger partial charge in [0.2, 0.25) is 11.8 Å². The average molecular weight is 353 g/mol. The molecule has 1 aliphatic rings. The predicted molar refractivity (Wildman–Crippen MR) is 94.6 cm³/mol. The standard InChI is InChI=1S/C18H13ClN4O2/c19-15-11(10-6-7-13-14(8-10)21-18(24)20-13)2-1-3-12(15)17-23-22-16(25-17)9-4-5-9/h1-3,6-9H,4-5H2,(H2,20,21,24). The number of H-pyrrole nitrogens is 2. The van der Waals surface area contributed by atoms with E-state index in [1.54, 1.807) is 0 Å². The molecule has 1 saturated carbocycles. The van der Waals surface area contributed by atoms with Crippen molar-refractivity contribution < 1.29 is 4.42 Å². The van der Waals surface area contributed by atoms with Gasteiger partial charge in [-0.15, -0.1) is 10.2 Å². The van der Waals surface area contributed by atoms with E-state index in [4.69, 9.17) is 16.0 Å². The smallest absolute Gasteiger partial charge is 0.323 e. The first kappa shape index (κ1) is 14.5. The summed E-state index contributed by atoms with van der Waals surface area (Å²) in [5, 5.41) is 8.81. The Balaban J connectivity index is 1.61. The van der Waals surface area contributed by atoms with Gasteiger partial charge in [0, 0.05) is 11.5 Å². The fraction of sp³-hybridized carbons (Fsp3) is 0.167. The largest absolute Gasteiger partial charge is 0.420 e. The number of hydrogen-bond acceptors (Lipinski definition) is 4. The van der Waals surface area contributed by atoms with Crippen LogP contribution in [-0.4, -0.2) is 20.2 Å². The molecule has 2 N–H and O–H groups in total. The number of benzene rings is 2. The molecule has 2 heterocycles. The van der Waals surface area contributed by atoms with Crippen LogP contribution in [0.2, 0.25) is 5.02 Å². The summed E-state index contributed by atoms with van der Waals surface area (Å²) in [6, 6.07) is 11.4. The third-order valence-corrected chi connectivity index (χ3v) is 4.83. The minimum absolute atomic E-state index is 0.231. The summed E-state index contributed by atoms with van der Waals surface area (Å²) in [6.45, 7) is 0. The first-order valence-corrected chi connectivity index (χ1v) is 8.41. The zero-order chi connectivity index (χ0) is 17.0. The van der Waals surface area contributed by atoms with Crippen molar-refractivity contribution in [2.24, 2.45) is 0 Å². The number of halogens is 1. The summed E-state index contributed by atoms with van der Waals surface area (Å²) in [6.07, 6.45) is 2.20. The maximum atomic E-state index is 11.4. The van der Waals surface area contributed by atoms with Crippen molar-refractivity contribution in [1.82, 2.24) is 20.2 Å². The van der Waals surface area contributed by atoms with Gasteiger partial charge >= 0.3 is 5.69 Å². The molecule has 0 unspecified atom stereocenters. The number of nitrogens with one attached hydrogen (secondary N) is 2. The van der Waals surface area contributed by atoms with Gasteiger partial charge in [0.05, 0.1) is 21.6 Å². The van der Waals surface area contributed by atoms with Crippen molar-refractivity contribution in [3.63, 3.8) is 0 Å². The molecule has 0 radical (unpaired) electrons. The van der Waals surface area contributed by atoms with E-state index in [0.717, 1.165) is 35.0 Å². The topological polar surface area (TPSA) is 87.6 Å². The van der Waals surface area contributed by atoms with Crippen molar-refractivity contribution in [2.75, 3.05) is 0 Å². The highest BCUT2D eigenvalue weighted by Gasteiger charge is 2.30. The molecule has 7 heteroatoms. The van der Waals surface area contributed by atoms with Gasteiger partial charge in [-0.1, -0.05) is 29.8 Å². The summed E-state index contributed by atoms with van der Waals surface area (Å²) in [5.41, 5.74) is 3.71. The molecule has 4 aromatic rings. The Kier molecular flexibility index (Phi) is 3.08. The van der Waals surface area contributed by atoms with E-state index in [1.807, 2.05) is 36.4 Å². The predicted octanol–water partition coefficient (Wildman–Crippen LogP) is 4.10. The maximum absolute atomic E-state index is 11.4. The van der Waals surface area contributed by atoms with Crippen molar-refractivity contribution in [3.05, 3.63) is 57.8 Å². The minimum Gasteiger partial charge on any atom is -0.420 e. The highest BCUT2D eigenvalue weighted by molar-refractivity contribution is 6.36. The van der Waals surface area contributed by atoms with Gasteiger partial charge in [0.1, 0.15) is 0 Å². The Hall–Kier alpha value is -2.86. The van der Waals surface area contributed by atoms with E-state index in [1.165, 1.54) is 0 Å². The molecule has 0 saturated heterocycles. The summed E-state index contributed by atoms with van der Waals surface area (Å²) in [4.78, 5) is 16.9. The van der Waals surface area contributed by atoms with E-state index >= 15 is 0 Å². The molecule has 124 valence electrons. The normalized spacial score (nSPS) is 14.3. The molecule has 2 aromatic heterocycles. The Morgan fingerprint density at radius 3 is 2.68 bits per heavy atom. The number of imidazole rings is 1. The molecule has 25 heavy (non-hydrogen) atoms. The van der Waals surface area contributed by atoms with Crippen molar-refractivity contribution >= 4 is 22.6 Å². The number of nitrogens with zero attached hydrogens (tertiary/aromatic N) is 2. The number of hydrogen-bond donors (Lipinski definition) is 2. The van der Waals surface area contributed by atoms with Crippen LogP contribution in [0.15, 0.2) is 45.6 Å². The maximum Gasteiger partial charge on any atom is 0.323 e. The van der Waals surface area contributed by atoms with Gasteiger partial charge in [0.25, 0.3) is 0 Å². The van der Waals surface area contributed by atoms with Gasteiger partial charge in [0.15, 0.2) is 0 Å². The van der Waals surface area contributed by atoms with E-state index in [0.29, 0.717) is 28.3 Å². The van der Waals surface area contributed by atoms with Gasteiger partial charge in [-0.2, -0.15) is 0 Å². The zero-order valence-electron chi connectivity index (χ0n) is 13.0. The number of rotatable bonds is 3. The summed E-state index contributed by atoms with van der Waals surface area (Å²) in [5.74, 6) is 1.52. The van der Waals surface area contributed by atoms with Crippen LogP contribution in [0.4, 0.5) is 0 Å². The zero-order valence-corrected chi connectivity index (χ0v) is 13.8. The molecule has 0 bridgehead atoms. The lowest BCUT2D eigenvalue weighted by atomic mass is 10.0. The third kappa shape index (κ3) is 2.46. The van der Waals surface area contributed by atoms with Crippen LogP contribution in [0.3, 0.4) is 0 Å². The van der Waals surface area contributed by atoms with E-state index in [9.17, 15) is 4.79 Å². The number of aromatic amines is 2. The molecule has 0 atom stereocenters. The van der Waals surface area contributed by atoms with Crippen LogP contribution in [0.1, 0.15) is 24.7 Å². The Morgan fingerprint density at radius 2 is 1.84 bits per heavy atom. The quantitative estimate of drug-likeness (QED) is 0.581. The van der Waals surface area contributed by atoms with Gasteiger partial charge in [-0.3, -0.25) is 0 Å². The molecule has 2 aromatic carbocycles. The molecular formula is C18H13ClN4O2. The second kappa shape index (κ2) is 5.32. The molecule has 0 amide bonds. The lowest BCUT2D eigenvalue weighted by Gasteiger charge is -2.07. The Morgan fingerprint density at radius 1 is 1.04 bits per heavy atom. The van der Waals surface area contributed by atoms with Crippen molar-refractivity contribution in [1.29, 1.82) is 0 Å². The fourth-order valence-corrected chi connectivity index (χ4v) is 3.27. The number of aromatic nitrogens is 4. The summed E-state index contributed by atoms with van der Waals surface area (Å²) >= 11 is 6.63. The molecule has 0 spiro atoms. The molecule has 0 aliphatic heterocycles. The summed E-state index contributed by atoms with van der Waals surface area (Å²) in [7, 11) is 0. The van der Waals surface area contributed by atoms with Gasteiger partial charge in [-0.05, 0) is 36.6 Å². The average Bonchev–Trinajstić information content (AvgIpc) is 3.22. The van der Waals surface area contributed by atoms with Crippen LogP contribution in [0.25, 0.3) is 33.6 Å². The van der Waals surface area contributed by atoms with Gasteiger partial charge in [-0.25, -0.2) is 4.79 Å². The third-order valence-electron chi connectivity index (χ3n) is 4.42. The molecule has 1 aliphatic carbocycles. The summed E-state index contributed by atoms with van der Waals surface area (Å²) < 4.78 is 5.78. The second-order valence-electron chi connectivity index (χ2n) is 6.23. The van der Waals surface area contributed by atoms with E-state index < -0.39 is 0 Å². The van der Waals surface area contributed by atoms with Crippen LogP contribution in [-0.2, 0) is 0 Å². The van der Waals surface area contributed by atoms with Crippen molar-refractivity contribution in [3.8, 4) is 22.6 Å². The molecule has 5 rings (SSSR count). The SMILES string of the molecule is O=c1[nH]c2ccc(-c3cccc(-c4nnc(C5CC5)o4)c3Cl)cc2[nH]1. The highest BCUT2D eigenvalue weighted by atomic mass is 35.5.